The van der Waals surface area contributed by atoms with Gasteiger partial charge >= 0.3 is 0 Å². The van der Waals surface area contributed by atoms with Crippen molar-refractivity contribution in [2.75, 3.05) is 19.6 Å². The highest BCUT2D eigenvalue weighted by molar-refractivity contribution is 5.89. The van der Waals surface area contributed by atoms with E-state index in [0.29, 0.717) is 6.42 Å². The Morgan fingerprint density at radius 2 is 2.30 bits per heavy atom. The van der Waals surface area contributed by atoms with Crippen molar-refractivity contribution in [3.05, 3.63) is 30.1 Å². The normalized spacial score (nSPS) is 25.8. The molecule has 1 unspecified atom stereocenters. The molecule has 1 aromatic heterocycles. The van der Waals surface area contributed by atoms with Crippen molar-refractivity contribution in [2.24, 2.45) is 11.0 Å². The van der Waals surface area contributed by atoms with Crippen LogP contribution in [0.15, 0.2) is 29.5 Å². The van der Waals surface area contributed by atoms with E-state index in [0.717, 1.165) is 30.9 Å². The molecule has 0 bridgehead atoms. The van der Waals surface area contributed by atoms with Crippen LogP contribution in [-0.4, -0.2) is 47.8 Å². The molecule has 4 nitrogen and oxygen atoms in total. The highest BCUT2D eigenvalue weighted by atomic mass is 19.3. The maximum Gasteiger partial charge on any atom is 0.257 e. The van der Waals surface area contributed by atoms with Gasteiger partial charge in [0.05, 0.1) is 12.6 Å². The van der Waals surface area contributed by atoms with E-state index in [1.54, 1.807) is 11.2 Å². The van der Waals surface area contributed by atoms with E-state index >= 15 is 0 Å². The average Bonchev–Trinajstić information content (AvgIpc) is 2.77. The van der Waals surface area contributed by atoms with Gasteiger partial charge in [0.2, 0.25) is 0 Å². The van der Waals surface area contributed by atoms with E-state index in [2.05, 4.69) is 15.4 Å². The van der Waals surface area contributed by atoms with Crippen LogP contribution in [0.1, 0.15) is 12.1 Å². The van der Waals surface area contributed by atoms with Crippen molar-refractivity contribution in [1.29, 1.82) is 0 Å². The quantitative estimate of drug-likeness (QED) is 0.909. The first-order valence-electron chi connectivity index (χ1n) is 6.97. The Kier molecular flexibility index (Phi) is 3.91. The van der Waals surface area contributed by atoms with Gasteiger partial charge in [0.25, 0.3) is 6.43 Å². The van der Waals surface area contributed by atoms with Crippen LogP contribution in [0.4, 0.5) is 8.78 Å². The summed E-state index contributed by atoms with van der Waals surface area (Å²) in [5, 5.41) is 9.34. The molecule has 2 aliphatic rings. The molecule has 0 spiro atoms. The van der Waals surface area contributed by atoms with E-state index in [1.165, 1.54) is 0 Å². The van der Waals surface area contributed by atoms with E-state index in [9.17, 15) is 8.78 Å². The molecule has 2 atom stereocenters. The Labute approximate surface area is 116 Å². The lowest BCUT2D eigenvalue weighted by Crippen LogP contribution is -2.45. The first kappa shape index (κ1) is 13.4. The highest BCUT2D eigenvalue weighted by Crippen LogP contribution is 2.28. The summed E-state index contributed by atoms with van der Waals surface area (Å²) < 4.78 is 25.5. The molecule has 2 aliphatic heterocycles. The monoisotopic (exact) mass is 280 g/mol. The second-order valence-electron chi connectivity index (χ2n) is 5.26. The summed E-state index contributed by atoms with van der Waals surface area (Å²) in [5.41, 5.74) is 1.99. The average molecular weight is 280 g/mol. The Hall–Kier alpha value is -1.56. The number of hydrogen-bond acceptors (Lipinski definition) is 4. The first-order valence-corrected chi connectivity index (χ1v) is 6.97. The van der Waals surface area contributed by atoms with Crippen LogP contribution in [0.2, 0.25) is 0 Å². The largest absolute Gasteiger partial charge is 0.316 e. The molecule has 0 saturated carbocycles. The Bertz CT molecular complexity index is 477. The molecule has 1 aromatic rings. The summed E-state index contributed by atoms with van der Waals surface area (Å²) in [6, 6.07) is 5.71. The van der Waals surface area contributed by atoms with Gasteiger partial charge in [0.1, 0.15) is 0 Å². The molecule has 20 heavy (non-hydrogen) atoms. The molecule has 0 radical (unpaired) electrons. The Balaban J connectivity index is 1.78. The van der Waals surface area contributed by atoms with Gasteiger partial charge in [-0.3, -0.25) is 9.99 Å². The number of alkyl halides is 2. The predicted octanol–water partition coefficient (Wildman–Crippen LogP) is 1.54. The molecule has 1 N–H and O–H groups in total. The molecular formula is C14H18F2N4. The smallest absolute Gasteiger partial charge is 0.257 e. The fourth-order valence-electron chi connectivity index (χ4n) is 3.00. The van der Waals surface area contributed by atoms with Crippen molar-refractivity contribution in [3.8, 4) is 0 Å². The number of hydrogen-bond donors (Lipinski definition) is 1. The summed E-state index contributed by atoms with van der Waals surface area (Å²) in [5.74, 6) is 0.226. The lowest BCUT2D eigenvalue weighted by atomic mass is 9.88. The zero-order chi connectivity index (χ0) is 13.9. The van der Waals surface area contributed by atoms with Crippen LogP contribution < -0.4 is 5.32 Å². The number of halogens is 2. The number of rotatable bonds is 4. The van der Waals surface area contributed by atoms with Gasteiger partial charge in [-0.15, -0.1) is 0 Å². The maximum absolute atomic E-state index is 12.7. The predicted molar refractivity (Wildman–Crippen MR) is 72.9 cm³/mol. The zero-order valence-corrected chi connectivity index (χ0v) is 11.2. The minimum Gasteiger partial charge on any atom is -0.316 e. The van der Waals surface area contributed by atoms with E-state index < -0.39 is 6.43 Å². The van der Waals surface area contributed by atoms with Crippen molar-refractivity contribution < 1.29 is 8.78 Å². The van der Waals surface area contributed by atoms with Crippen LogP contribution in [0, 0.1) is 5.92 Å². The molecule has 0 aliphatic carbocycles. The van der Waals surface area contributed by atoms with E-state index in [1.807, 2.05) is 18.2 Å². The summed E-state index contributed by atoms with van der Waals surface area (Å²) in [6.45, 7) is 1.40. The van der Waals surface area contributed by atoms with Crippen LogP contribution in [-0.2, 0) is 6.42 Å². The summed E-state index contributed by atoms with van der Waals surface area (Å²) in [4.78, 5) is 4.31. The molecule has 6 heteroatoms. The minimum absolute atomic E-state index is 0.0123. The highest BCUT2D eigenvalue weighted by Gasteiger charge is 2.39. The number of hydrazone groups is 1. The van der Waals surface area contributed by atoms with Gasteiger partial charge in [-0.05, 0) is 12.1 Å². The lowest BCUT2D eigenvalue weighted by Gasteiger charge is -2.29. The summed E-state index contributed by atoms with van der Waals surface area (Å²) in [6.07, 6.45) is 0.886. The number of pyridine rings is 1. The molecule has 0 amide bonds. The third kappa shape index (κ3) is 2.80. The zero-order valence-electron chi connectivity index (χ0n) is 11.2. The third-order valence-corrected chi connectivity index (χ3v) is 3.92. The van der Waals surface area contributed by atoms with Gasteiger partial charge in [-0.25, -0.2) is 8.78 Å². The van der Waals surface area contributed by atoms with E-state index in [-0.39, 0.29) is 18.5 Å². The van der Waals surface area contributed by atoms with Crippen LogP contribution in [0.3, 0.4) is 0 Å². The number of piperidine rings is 1. The molecule has 1 saturated heterocycles. The first-order chi connectivity index (χ1) is 9.74. The number of aromatic nitrogens is 1. The SMILES string of the molecule is FC(F)CN1N=C2CCNCC2[C@H]1Cc1ccccn1. The number of nitrogens with zero attached hydrogens (tertiary/aromatic N) is 3. The van der Waals surface area contributed by atoms with Gasteiger partial charge < -0.3 is 5.32 Å². The van der Waals surface area contributed by atoms with Crippen LogP contribution >= 0.6 is 0 Å². The second kappa shape index (κ2) is 5.83. The summed E-state index contributed by atoms with van der Waals surface area (Å²) in [7, 11) is 0. The molecule has 108 valence electrons. The Morgan fingerprint density at radius 1 is 1.40 bits per heavy atom. The topological polar surface area (TPSA) is 40.5 Å². The Morgan fingerprint density at radius 3 is 3.05 bits per heavy atom. The van der Waals surface area contributed by atoms with Crippen molar-refractivity contribution in [3.63, 3.8) is 0 Å². The summed E-state index contributed by atoms with van der Waals surface area (Å²) >= 11 is 0. The fourth-order valence-corrected chi connectivity index (χ4v) is 3.00. The lowest BCUT2D eigenvalue weighted by molar-refractivity contribution is 0.0674. The number of fused-ring (bicyclic) bond motifs is 1. The van der Waals surface area contributed by atoms with Crippen LogP contribution in [0.25, 0.3) is 0 Å². The molecule has 0 aromatic carbocycles. The van der Waals surface area contributed by atoms with Gasteiger partial charge in [-0.2, -0.15) is 5.10 Å². The van der Waals surface area contributed by atoms with Crippen molar-refractivity contribution >= 4 is 5.71 Å². The van der Waals surface area contributed by atoms with E-state index in [4.69, 9.17) is 0 Å². The van der Waals surface area contributed by atoms with Crippen molar-refractivity contribution in [1.82, 2.24) is 15.3 Å². The van der Waals surface area contributed by atoms with Crippen LogP contribution in [0.5, 0.6) is 0 Å². The standard InChI is InChI=1S/C14H18F2N4/c15-14(16)9-20-13(7-10-3-1-2-5-18-10)11-8-17-6-4-12(11)19-20/h1-3,5,11,13-14,17H,4,6-9H2/t11?,13-/m1/s1. The molecular weight excluding hydrogens is 262 g/mol. The maximum atomic E-state index is 12.7. The fraction of sp³-hybridized carbons (Fsp3) is 0.571. The third-order valence-electron chi connectivity index (χ3n) is 3.92. The molecule has 3 rings (SSSR count). The molecule has 3 heterocycles. The van der Waals surface area contributed by atoms with Crippen molar-refractivity contribution in [2.45, 2.75) is 25.3 Å². The molecule has 1 fully saturated rings. The van der Waals surface area contributed by atoms with Gasteiger partial charge in [0.15, 0.2) is 0 Å². The second-order valence-corrected chi connectivity index (χ2v) is 5.26. The minimum atomic E-state index is -2.36. The number of nitrogens with one attached hydrogen (secondary N) is 1. The van der Waals surface area contributed by atoms with Gasteiger partial charge in [-0.1, -0.05) is 6.07 Å². The van der Waals surface area contributed by atoms with Gasteiger partial charge in [0, 0.05) is 49.5 Å².